The average molecular weight is 319 g/mol. The van der Waals surface area contributed by atoms with Crippen LogP contribution in [0.2, 0.25) is 0 Å². The van der Waals surface area contributed by atoms with Crippen LogP contribution in [0.5, 0.6) is 0 Å². The van der Waals surface area contributed by atoms with Crippen LogP contribution in [0, 0.1) is 6.92 Å². The molecule has 3 aromatic rings. The molecule has 0 saturated carbocycles. The van der Waals surface area contributed by atoms with Gasteiger partial charge in [0.05, 0.1) is 22.8 Å². The standard InChI is InChI=1S/C16H12F3N3O/c1-9-3-2-4-12(16(17,18)19)14(9)15(23)21-11-6-5-10-8-20-22-13(10)7-11/h2-8H,1H3,(H,20,22)(H,21,23). The van der Waals surface area contributed by atoms with Gasteiger partial charge in [-0.15, -0.1) is 0 Å². The number of carbonyl (C=O) groups is 1. The predicted octanol–water partition coefficient (Wildman–Crippen LogP) is 4.14. The number of carbonyl (C=O) groups excluding carboxylic acids is 1. The third-order valence-electron chi connectivity index (χ3n) is 3.51. The molecule has 0 radical (unpaired) electrons. The Hall–Kier alpha value is -2.83. The minimum atomic E-state index is -4.59. The van der Waals surface area contributed by atoms with Crippen molar-refractivity contribution in [1.82, 2.24) is 10.2 Å². The largest absolute Gasteiger partial charge is 0.417 e. The van der Waals surface area contributed by atoms with E-state index in [4.69, 9.17) is 0 Å². The van der Waals surface area contributed by atoms with Gasteiger partial charge in [-0.05, 0) is 36.8 Å². The average Bonchev–Trinajstić information content (AvgIpc) is 2.93. The second-order valence-electron chi connectivity index (χ2n) is 5.12. The number of nitrogens with zero attached hydrogens (tertiary/aromatic N) is 1. The molecule has 0 unspecified atom stereocenters. The van der Waals surface area contributed by atoms with Gasteiger partial charge < -0.3 is 5.32 Å². The highest BCUT2D eigenvalue weighted by molar-refractivity contribution is 6.07. The Morgan fingerprint density at radius 1 is 1.22 bits per heavy atom. The maximum atomic E-state index is 13.1. The zero-order chi connectivity index (χ0) is 16.6. The molecule has 0 aliphatic heterocycles. The van der Waals surface area contributed by atoms with Gasteiger partial charge in [-0.1, -0.05) is 12.1 Å². The Morgan fingerprint density at radius 3 is 2.74 bits per heavy atom. The fourth-order valence-corrected chi connectivity index (χ4v) is 2.41. The molecule has 1 amide bonds. The molecule has 0 atom stereocenters. The molecule has 0 aliphatic carbocycles. The summed E-state index contributed by atoms with van der Waals surface area (Å²) in [6.45, 7) is 1.47. The quantitative estimate of drug-likeness (QED) is 0.746. The highest BCUT2D eigenvalue weighted by Gasteiger charge is 2.35. The van der Waals surface area contributed by atoms with Crippen molar-refractivity contribution in [3.05, 3.63) is 59.3 Å². The van der Waals surface area contributed by atoms with Crippen LogP contribution in [0.4, 0.5) is 18.9 Å². The molecule has 0 fully saturated rings. The van der Waals surface area contributed by atoms with E-state index in [0.29, 0.717) is 11.2 Å². The molecule has 4 nitrogen and oxygen atoms in total. The number of benzene rings is 2. The minimum absolute atomic E-state index is 0.264. The maximum absolute atomic E-state index is 13.1. The number of aromatic nitrogens is 2. The number of aromatic amines is 1. The van der Waals surface area contributed by atoms with Gasteiger partial charge in [0.2, 0.25) is 0 Å². The SMILES string of the molecule is Cc1cccc(C(F)(F)F)c1C(=O)Nc1ccc2cn[nH]c2c1. The van der Waals surface area contributed by atoms with Gasteiger partial charge in [0.1, 0.15) is 0 Å². The molecule has 1 aromatic heterocycles. The molecule has 3 rings (SSSR count). The summed E-state index contributed by atoms with van der Waals surface area (Å²) in [4.78, 5) is 12.3. The van der Waals surface area contributed by atoms with Crippen molar-refractivity contribution in [2.45, 2.75) is 13.1 Å². The number of hydrogen-bond acceptors (Lipinski definition) is 2. The van der Waals surface area contributed by atoms with Gasteiger partial charge in [0.15, 0.2) is 0 Å². The van der Waals surface area contributed by atoms with Crippen LogP contribution in [-0.2, 0) is 6.18 Å². The highest BCUT2D eigenvalue weighted by Crippen LogP contribution is 2.33. The topological polar surface area (TPSA) is 57.8 Å². The molecule has 7 heteroatoms. The first-order chi connectivity index (χ1) is 10.9. The number of aryl methyl sites for hydroxylation is 1. The van der Waals surface area contributed by atoms with Gasteiger partial charge in [-0.3, -0.25) is 9.89 Å². The molecule has 0 bridgehead atoms. The minimum Gasteiger partial charge on any atom is -0.322 e. The summed E-state index contributed by atoms with van der Waals surface area (Å²) in [6, 6.07) is 8.61. The number of nitrogens with one attached hydrogen (secondary N) is 2. The summed E-state index contributed by atoms with van der Waals surface area (Å²) in [7, 11) is 0. The fourth-order valence-electron chi connectivity index (χ4n) is 2.41. The Labute approximate surface area is 129 Å². The molecule has 0 aliphatic rings. The molecule has 2 N–H and O–H groups in total. The van der Waals surface area contributed by atoms with Gasteiger partial charge >= 0.3 is 6.18 Å². The lowest BCUT2D eigenvalue weighted by Crippen LogP contribution is -2.20. The van der Waals surface area contributed by atoms with Crippen molar-refractivity contribution >= 4 is 22.5 Å². The van der Waals surface area contributed by atoms with E-state index in [2.05, 4.69) is 15.5 Å². The molecule has 0 saturated heterocycles. The summed E-state index contributed by atoms with van der Waals surface area (Å²) in [6.07, 6.45) is -2.98. The maximum Gasteiger partial charge on any atom is 0.417 e. The zero-order valence-electron chi connectivity index (χ0n) is 12.0. The van der Waals surface area contributed by atoms with Crippen molar-refractivity contribution < 1.29 is 18.0 Å². The molecule has 118 valence electrons. The van der Waals surface area contributed by atoms with Crippen molar-refractivity contribution in [1.29, 1.82) is 0 Å². The Bertz CT molecular complexity index is 884. The van der Waals surface area contributed by atoms with Crippen molar-refractivity contribution in [3.63, 3.8) is 0 Å². The number of amides is 1. The lowest BCUT2D eigenvalue weighted by atomic mass is 10.0. The van der Waals surface area contributed by atoms with Crippen LogP contribution in [0.3, 0.4) is 0 Å². The van der Waals surface area contributed by atoms with E-state index < -0.39 is 17.6 Å². The third kappa shape index (κ3) is 2.90. The van der Waals surface area contributed by atoms with Crippen molar-refractivity contribution in [2.75, 3.05) is 5.32 Å². The summed E-state index contributed by atoms with van der Waals surface area (Å²) in [5.74, 6) is -0.797. The number of anilines is 1. The Balaban J connectivity index is 1.97. The molecule has 1 heterocycles. The molecular weight excluding hydrogens is 307 g/mol. The first-order valence-corrected chi connectivity index (χ1v) is 6.77. The fraction of sp³-hybridized carbons (Fsp3) is 0.125. The number of fused-ring (bicyclic) bond motifs is 1. The van der Waals surface area contributed by atoms with Crippen LogP contribution in [0.25, 0.3) is 10.9 Å². The van der Waals surface area contributed by atoms with E-state index in [0.717, 1.165) is 11.5 Å². The number of rotatable bonds is 2. The van der Waals surface area contributed by atoms with Crippen LogP contribution in [0.15, 0.2) is 42.6 Å². The molecule has 23 heavy (non-hydrogen) atoms. The van der Waals surface area contributed by atoms with Crippen molar-refractivity contribution in [3.8, 4) is 0 Å². The number of hydrogen-bond donors (Lipinski definition) is 2. The summed E-state index contributed by atoms with van der Waals surface area (Å²) < 4.78 is 39.3. The predicted molar refractivity (Wildman–Crippen MR) is 80.2 cm³/mol. The molecular formula is C16H12F3N3O. The summed E-state index contributed by atoms with van der Waals surface area (Å²) >= 11 is 0. The molecule has 0 spiro atoms. The van der Waals surface area contributed by atoms with Gasteiger partial charge in [-0.2, -0.15) is 18.3 Å². The van der Waals surface area contributed by atoms with Crippen LogP contribution in [-0.4, -0.2) is 16.1 Å². The first kappa shape index (κ1) is 15.1. The number of alkyl halides is 3. The van der Waals surface area contributed by atoms with Crippen LogP contribution in [0.1, 0.15) is 21.5 Å². The second-order valence-corrected chi connectivity index (χ2v) is 5.12. The number of H-pyrrole nitrogens is 1. The van der Waals surface area contributed by atoms with Gasteiger partial charge in [0.25, 0.3) is 5.91 Å². The van der Waals surface area contributed by atoms with E-state index in [1.165, 1.54) is 19.1 Å². The highest BCUT2D eigenvalue weighted by atomic mass is 19.4. The Kier molecular flexibility index (Phi) is 3.55. The Morgan fingerprint density at radius 2 is 2.00 bits per heavy atom. The van der Waals surface area contributed by atoms with E-state index in [9.17, 15) is 18.0 Å². The van der Waals surface area contributed by atoms with Crippen LogP contribution >= 0.6 is 0 Å². The third-order valence-corrected chi connectivity index (χ3v) is 3.51. The lowest BCUT2D eigenvalue weighted by Gasteiger charge is -2.15. The summed E-state index contributed by atoms with van der Waals surface area (Å²) in [5.41, 5.74) is 0.0222. The summed E-state index contributed by atoms with van der Waals surface area (Å²) in [5, 5.41) is 9.94. The first-order valence-electron chi connectivity index (χ1n) is 6.77. The lowest BCUT2D eigenvalue weighted by molar-refractivity contribution is -0.137. The van der Waals surface area contributed by atoms with Gasteiger partial charge in [-0.25, -0.2) is 0 Å². The van der Waals surface area contributed by atoms with Gasteiger partial charge in [0, 0.05) is 11.1 Å². The zero-order valence-corrected chi connectivity index (χ0v) is 12.0. The monoisotopic (exact) mass is 319 g/mol. The smallest absolute Gasteiger partial charge is 0.322 e. The molecule has 2 aromatic carbocycles. The van der Waals surface area contributed by atoms with E-state index >= 15 is 0 Å². The normalized spacial score (nSPS) is 11.7. The number of halogens is 3. The van der Waals surface area contributed by atoms with Crippen LogP contribution < -0.4 is 5.32 Å². The van der Waals surface area contributed by atoms with E-state index in [-0.39, 0.29) is 11.1 Å². The van der Waals surface area contributed by atoms with E-state index in [1.54, 1.807) is 24.4 Å². The van der Waals surface area contributed by atoms with Crippen molar-refractivity contribution in [2.24, 2.45) is 0 Å². The second kappa shape index (κ2) is 5.42. The van der Waals surface area contributed by atoms with E-state index in [1.807, 2.05) is 0 Å².